The van der Waals surface area contributed by atoms with Crippen molar-refractivity contribution in [2.24, 2.45) is 0 Å². The fourth-order valence-electron chi connectivity index (χ4n) is 2.25. The zero-order chi connectivity index (χ0) is 11.7. The van der Waals surface area contributed by atoms with Crippen LogP contribution in [-0.4, -0.2) is 6.54 Å². The number of anilines is 1. The molecule has 3 rings (SSSR count). The van der Waals surface area contributed by atoms with Gasteiger partial charge in [-0.15, -0.1) is 0 Å². The third kappa shape index (κ3) is 1.84. The normalized spacial score (nSPS) is 10.9. The zero-order valence-corrected chi connectivity index (χ0v) is 9.90. The molecule has 84 valence electrons. The molecular weight excluding hydrogens is 206 g/mol. The van der Waals surface area contributed by atoms with Crippen LogP contribution in [0.1, 0.15) is 6.92 Å². The summed E-state index contributed by atoms with van der Waals surface area (Å²) in [5.41, 5.74) is 1.19. The lowest BCUT2D eigenvalue weighted by molar-refractivity contribution is 1.22. The van der Waals surface area contributed by atoms with Gasteiger partial charge >= 0.3 is 0 Å². The smallest absolute Gasteiger partial charge is 0.0346 e. The van der Waals surface area contributed by atoms with E-state index in [1.807, 2.05) is 0 Å². The van der Waals surface area contributed by atoms with Crippen LogP contribution in [0.15, 0.2) is 54.6 Å². The fraction of sp³-hybridized carbons (Fsp3) is 0.125. The van der Waals surface area contributed by atoms with Crippen LogP contribution in [0.5, 0.6) is 0 Å². The first-order chi connectivity index (χ1) is 8.36. The molecule has 1 N–H and O–H groups in total. The Labute approximate surface area is 101 Å². The molecule has 0 unspecified atom stereocenters. The minimum atomic E-state index is 0.957. The maximum Gasteiger partial charge on any atom is 0.0346 e. The van der Waals surface area contributed by atoms with Crippen molar-refractivity contribution in [2.75, 3.05) is 11.9 Å². The third-order valence-corrected chi connectivity index (χ3v) is 3.09. The van der Waals surface area contributed by atoms with E-state index in [-0.39, 0.29) is 0 Å². The average Bonchev–Trinajstić information content (AvgIpc) is 2.36. The van der Waals surface area contributed by atoms with Gasteiger partial charge in [0.2, 0.25) is 0 Å². The molecule has 0 aliphatic heterocycles. The topological polar surface area (TPSA) is 12.0 Å². The Morgan fingerprint density at radius 1 is 0.765 bits per heavy atom. The molecule has 0 atom stereocenters. The summed E-state index contributed by atoms with van der Waals surface area (Å²) >= 11 is 0. The van der Waals surface area contributed by atoms with Gasteiger partial charge in [-0.05, 0) is 52.7 Å². The highest BCUT2D eigenvalue weighted by Gasteiger charge is 1.98. The molecule has 0 aliphatic rings. The number of rotatable bonds is 2. The van der Waals surface area contributed by atoms with Gasteiger partial charge in [-0.1, -0.05) is 30.3 Å². The Morgan fingerprint density at radius 2 is 1.41 bits per heavy atom. The van der Waals surface area contributed by atoms with Crippen LogP contribution in [0.2, 0.25) is 0 Å². The van der Waals surface area contributed by atoms with Gasteiger partial charge in [-0.2, -0.15) is 0 Å². The van der Waals surface area contributed by atoms with E-state index in [2.05, 4.69) is 66.8 Å². The molecular formula is C16H15N. The summed E-state index contributed by atoms with van der Waals surface area (Å²) < 4.78 is 0. The molecule has 3 aromatic carbocycles. The summed E-state index contributed by atoms with van der Waals surface area (Å²) in [5, 5.41) is 8.54. The van der Waals surface area contributed by atoms with Gasteiger partial charge < -0.3 is 5.32 Å². The van der Waals surface area contributed by atoms with E-state index in [1.54, 1.807) is 0 Å². The molecule has 1 heteroatoms. The van der Waals surface area contributed by atoms with E-state index in [0.717, 1.165) is 6.54 Å². The monoisotopic (exact) mass is 221 g/mol. The van der Waals surface area contributed by atoms with Crippen LogP contribution < -0.4 is 5.32 Å². The Kier molecular flexibility index (Phi) is 2.45. The quantitative estimate of drug-likeness (QED) is 0.631. The molecule has 1 nitrogen and oxygen atoms in total. The molecule has 0 radical (unpaired) electrons. The Balaban J connectivity index is 2.25. The first-order valence-corrected chi connectivity index (χ1v) is 6.03. The maximum atomic E-state index is 3.35. The molecule has 0 saturated carbocycles. The van der Waals surface area contributed by atoms with E-state index in [4.69, 9.17) is 0 Å². The predicted octanol–water partition coefficient (Wildman–Crippen LogP) is 4.42. The Bertz CT molecular complexity index is 670. The molecule has 0 aliphatic carbocycles. The minimum absolute atomic E-state index is 0.957. The van der Waals surface area contributed by atoms with Gasteiger partial charge in [0.15, 0.2) is 0 Å². The highest BCUT2D eigenvalue weighted by Crippen LogP contribution is 2.25. The van der Waals surface area contributed by atoms with E-state index < -0.39 is 0 Å². The van der Waals surface area contributed by atoms with E-state index in [9.17, 15) is 0 Å². The largest absolute Gasteiger partial charge is 0.385 e. The van der Waals surface area contributed by atoms with Gasteiger partial charge in [0.05, 0.1) is 0 Å². The standard InChI is InChI=1S/C16H15N/c1-2-17-16-8-7-14-9-12-5-3-4-6-13(12)10-15(14)11-16/h3-11,17H,2H2,1H3. The molecule has 0 heterocycles. The molecule has 3 aromatic rings. The Morgan fingerprint density at radius 3 is 2.12 bits per heavy atom. The molecule has 0 amide bonds. The summed E-state index contributed by atoms with van der Waals surface area (Å²) in [6, 6.07) is 19.5. The second kappa shape index (κ2) is 4.10. The number of hydrogen-bond donors (Lipinski definition) is 1. The molecule has 17 heavy (non-hydrogen) atoms. The second-order valence-electron chi connectivity index (χ2n) is 4.29. The highest BCUT2D eigenvalue weighted by atomic mass is 14.8. The average molecular weight is 221 g/mol. The lowest BCUT2D eigenvalue weighted by atomic mass is 10.0. The fourth-order valence-corrected chi connectivity index (χ4v) is 2.25. The lowest BCUT2D eigenvalue weighted by Crippen LogP contribution is -1.95. The van der Waals surface area contributed by atoms with Crippen LogP contribution in [0.4, 0.5) is 5.69 Å². The molecule has 0 bridgehead atoms. The first-order valence-electron chi connectivity index (χ1n) is 6.03. The first kappa shape index (κ1) is 10.2. The van der Waals surface area contributed by atoms with E-state index in [1.165, 1.54) is 27.2 Å². The second-order valence-corrected chi connectivity index (χ2v) is 4.29. The van der Waals surface area contributed by atoms with Crippen LogP contribution in [0.25, 0.3) is 21.5 Å². The van der Waals surface area contributed by atoms with Crippen LogP contribution >= 0.6 is 0 Å². The zero-order valence-electron chi connectivity index (χ0n) is 9.90. The highest BCUT2D eigenvalue weighted by molar-refractivity contribution is 5.99. The number of nitrogens with one attached hydrogen (secondary N) is 1. The van der Waals surface area contributed by atoms with E-state index in [0.29, 0.717) is 0 Å². The summed E-state index contributed by atoms with van der Waals surface area (Å²) in [4.78, 5) is 0. The molecule has 0 aromatic heterocycles. The van der Waals surface area contributed by atoms with Crippen molar-refractivity contribution in [3.8, 4) is 0 Å². The van der Waals surface area contributed by atoms with Gasteiger partial charge in [0, 0.05) is 12.2 Å². The van der Waals surface area contributed by atoms with Gasteiger partial charge in [-0.25, -0.2) is 0 Å². The third-order valence-electron chi connectivity index (χ3n) is 3.09. The summed E-state index contributed by atoms with van der Waals surface area (Å²) in [6.45, 7) is 3.07. The van der Waals surface area contributed by atoms with Crippen molar-refractivity contribution in [3.05, 3.63) is 54.6 Å². The van der Waals surface area contributed by atoms with Crippen molar-refractivity contribution in [1.29, 1.82) is 0 Å². The van der Waals surface area contributed by atoms with E-state index >= 15 is 0 Å². The van der Waals surface area contributed by atoms with Crippen molar-refractivity contribution in [2.45, 2.75) is 6.92 Å². The number of benzene rings is 3. The van der Waals surface area contributed by atoms with Crippen molar-refractivity contribution < 1.29 is 0 Å². The minimum Gasteiger partial charge on any atom is -0.385 e. The molecule has 0 fully saturated rings. The number of hydrogen-bond acceptors (Lipinski definition) is 1. The summed E-state index contributed by atoms with van der Waals surface area (Å²) in [6.07, 6.45) is 0. The van der Waals surface area contributed by atoms with Crippen LogP contribution in [0.3, 0.4) is 0 Å². The van der Waals surface area contributed by atoms with Gasteiger partial charge in [0.1, 0.15) is 0 Å². The number of fused-ring (bicyclic) bond motifs is 2. The molecule has 0 saturated heterocycles. The van der Waals surface area contributed by atoms with Crippen LogP contribution in [-0.2, 0) is 0 Å². The van der Waals surface area contributed by atoms with Gasteiger partial charge in [0.25, 0.3) is 0 Å². The summed E-state index contributed by atoms with van der Waals surface area (Å²) in [7, 11) is 0. The van der Waals surface area contributed by atoms with Crippen molar-refractivity contribution >= 4 is 27.2 Å². The maximum absolute atomic E-state index is 3.35. The SMILES string of the molecule is CCNc1ccc2cc3ccccc3cc2c1. The Hall–Kier alpha value is -2.02. The van der Waals surface area contributed by atoms with Crippen molar-refractivity contribution in [3.63, 3.8) is 0 Å². The van der Waals surface area contributed by atoms with Gasteiger partial charge in [-0.3, -0.25) is 0 Å². The molecule has 0 spiro atoms. The summed E-state index contributed by atoms with van der Waals surface area (Å²) in [5.74, 6) is 0. The lowest BCUT2D eigenvalue weighted by Gasteiger charge is -2.06. The predicted molar refractivity (Wildman–Crippen MR) is 75.6 cm³/mol. The van der Waals surface area contributed by atoms with Crippen molar-refractivity contribution in [1.82, 2.24) is 0 Å². The van der Waals surface area contributed by atoms with Crippen LogP contribution in [0, 0.1) is 0 Å².